The van der Waals surface area contributed by atoms with Crippen LogP contribution in [0.1, 0.15) is 12.5 Å². The minimum absolute atomic E-state index is 0.148. The fraction of sp³-hybridized carbons (Fsp3) is 0.357. The first-order valence-electron chi connectivity index (χ1n) is 6.76. The first-order chi connectivity index (χ1) is 10.8. The number of halogens is 3. The van der Waals surface area contributed by atoms with Crippen molar-refractivity contribution in [3.63, 3.8) is 0 Å². The number of pyridine rings is 1. The fourth-order valence-corrected chi connectivity index (χ4v) is 1.73. The summed E-state index contributed by atoms with van der Waals surface area (Å²) in [5.74, 6) is -0.0465. The minimum Gasteiger partial charge on any atom is -0.359 e. The number of rotatable bonds is 6. The van der Waals surface area contributed by atoms with E-state index in [0.29, 0.717) is 5.82 Å². The van der Waals surface area contributed by atoms with Gasteiger partial charge in [0.1, 0.15) is 12.7 Å². The molecule has 23 heavy (non-hydrogen) atoms. The summed E-state index contributed by atoms with van der Waals surface area (Å²) < 4.78 is 42.1. The number of nitrogens with zero attached hydrogens (tertiary/aromatic N) is 3. The van der Waals surface area contributed by atoms with Crippen molar-refractivity contribution in [2.24, 2.45) is 0 Å². The predicted molar refractivity (Wildman–Crippen MR) is 74.7 cm³/mol. The Kier molecular flexibility index (Phi) is 5.32. The number of nitrogens with one attached hydrogen (secondary N) is 1. The van der Waals surface area contributed by atoms with E-state index >= 15 is 0 Å². The zero-order chi connectivity index (χ0) is 16.9. The average molecular weight is 328 g/mol. The molecule has 0 aliphatic heterocycles. The van der Waals surface area contributed by atoms with Crippen LogP contribution in [-0.2, 0) is 16.1 Å². The van der Waals surface area contributed by atoms with Crippen LogP contribution in [0.2, 0.25) is 0 Å². The molecule has 2 heterocycles. The molecule has 9 heteroatoms. The molecule has 2 aromatic heterocycles. The zero-order valence-electron chi connectivity index (χ0n) is 12.2. The lowest BCUT2D eigenvalue weighted by molar-refractivity contribution is -0.185. The van der Waals surface area contributed by atoms with Gasteiger partial charge in [-0.05, 0) is 30.7 Å². The summed E-state index contributed by atoms with van der Waals surface area (Å²) in [4.78, 5) is 15.8. The molecule has 1 atom stereocenters. The van der Waals surface area contributed by atoms with Gasteiger partial charge < -0.3 is 10.1 Å². The normalized spacial score (nSPS) is 12.9. The maximum atomic E-state index is 12.0. The van der Waals surface area contributed by atoms with E-state index in [1.165, 1.54) is 6.92 Å². The van der Waals surface area contributed by atoms with Crippen molar-refractivity contribution in [2.75, 3.05) is 6.61 Å². The lowest BCUT2D eigenvalue weighted by atomic mass is 10.2. The molecule has 1 N–H and O–H groups in total. The summed E-state index contributed by atoms with van der Waals surface area (Å²) in [6.45, 7) is -0.0432. The van der Waals surface area contributed by atoms with Crippen molar-refractivity contribution in [3.05, 3.63) is 42.4 Å². The summed E-state index contributed by atoms with van der Waals surface area (Å²) in [5, 5.41) is 6.56. The molecule has 6 nitrogen and oxygen atoms in total. The minimum atomic E-state index is -4.46. The Morgan fingerprint density at radius 1 is 1.43 bits per heavy atom. The summed E-state index contributed by atoms with van der Waals surface area (Å²) in [6, 6.07) is 5.15. The first kappa shape index (κ1) is 16.9. The highest BCUT2D eigenvalue weighted by molar-refractivity contribution is 5.80. The maximum Gasteiger partial charge on any atom is 0.411 e. The molecule has 2 rings (SSSR count). The van der Waals surface area contributed by atoms with Gasteiger partial charge in [0.2, 0.25) is 5.91 Å². The molecule has 0 aliphatic rings. The second kappa shape index (κ2) is 7.23. The SMILES string of the molecule is C[C@@H](OCC(F)(F)F)C(=O)NCc1ccnc(-n2cccn2)c1. The van der Waals surface area contributed by atoms with Crippen molar-refractivity contribution < 1.29 is 22.7 Å². The summed E-state index contributed by atoms with van der Waals surface area (Å²) in [6.07, 6.45) is -0.766. The van der Waals surface area contributed by atoms with Gasteiger partial charge in [0, 0.05) is 25.1 Å². The quantitative estimate of drug-likeness (QED) is 0.879. The summed E-state index contributed by atoms with van der Waals surface area (Å²) >= 11 is 0. The molecule has 1 amide bonds. The summed E-state index contributed by atoms with van der Waals surface area (Å²) in [7, 11) is 0. The predicted octanol–water partition coefficient (Wildman–Crippen LogP) is 1.85. The van der Waals surface area contributed by atoms with Crippen LogP contribution >= 0.6 is 0 Å². The third-order valence-electron chi connectivity index (χ3n) is 2.88. The molecule has 0 spiro atoms. The molecule has 0 radical (unpaired) electrons. The molecule has 0 bridgehead atoms. The molecule has 124 valence electrons. The van der Waals surface area contributed by atoms with Gasteiger partial charge in [0.25, 0.3) is 0 Å². The van der Waals surface area contributed by atoms with Gasteiger partial charge in [-0.2, -0.15) is 18.3 Å². The van der Waals surface area contributed by atoms with Gasteiger partial charge in [0.05, 0.1) is 0 Å². The Balaban J connectivity index is 1.88. The lowest BCUT2D eigenvalue weighted by Gasteiger charge is -2.14. The van der Waals surface area contributed by atoms with Crippen LogP contribution in [0.25, 0.3) is 5.82 Å². The molecule has 0 unspecified atom stereocenters. The van der Waals surface area contributed by atoms with Gasteiger partial charge in [-0.1, -0.05) is 0 Å². The number of hydrogen-bond donors (Lipinski definition) is 1. The third kappa shape index (κ3) is 5.37. The van der Waals surface area contributed by atoms with Crippen molar-refractivity contribution in [3.8, 4) is 5.82 Å². The van der Waals surface area contributed by atoms with E-state index in [1.807, 2.05) is 0 Å². The second-order valence-corrected chi connectivity index (χ2v) is 4.76. The molecule has 0 saturated heterocycles. The zero-order valence-corrected chi connectivity index (χ0v) is 12.2. The van der Waals surface area contributed by atoms with E-state index in [-0.39, 0.29) is 6.54 Å². The number of carbonyl (C=O) groups is 1. The van der Waals surface area contributed by atoms with Crippen LogP contribution in [0.3, 0.4) is 0 Å². The van der Waals surface area contributed by atoms with Gasteiger partial charge in [-0.25, -0.2) is 9.67 Å². The number of aromatic nitrogens is 3. The van der Waals surface area contributed by atoms with E-state index in [1.54, 1.807) is 41.5 Å². The smallest absolute Gasteiger partial charge is 0.359 e. The van der Waals surface area contributed by atoms with Crippen LogP contribution in [0.5, 0.6) is 0 Å². The standard InChI is InChI=1S/C14H15F3N4O2/c1-10(23-9-14(15,16)17)13(22)19-8-11-3-5-18-12(7-11)21-6-2-4-20-21/h2-7,10H,8-9H2,1H3,(H,19,22)/t10-/m1/s1. The second-order valence-electron chi connectivity index (χ2n) is 4.76. The van der Waals surface area contributed by atoms with E-state index in [4.69, 9.17) is 0 Å². The number of carbonyl (C=O) groups excluding carboxylic acids is 1. The Hall–Kier alpha value is -2.42. The van der Waals surface area contributed by atoms with Crippen LogP contribution in [0.4, 0.5) is 13.2 Å². The van der Waals surface area contributed by atoms with Crippen molar-refractivity contribution >= 4 is 5.91 Å². The van der Waals surface area contributed by atoms with Crippen LogP contribution < -0.4 is 5.32 Å². The lowest BCUT2D eigenvalue weighted by Crippen LogP contribution is -2.36. The number of alkyl halides is 3. The molecular formula is C14H15F3N4O2. The number of amides is 1. The fourth-order valence-electron chi connectivity index (χ4n) is 1.73. The molecule has 0 fully saturated rings. The van der Waals surface area contributed by atoms with Gasteiger partial charge in [-0.3, -0.25) is 4.79 Å². The van der Waals surface area contributed by atoms with Crippen molar-refractivity contribution in [1.29, 1.82) is 0 Å². The molecular weight excluding hydrogens is 313 g/mol. The molecule has 0 saturated carbocycles. The molecule has 0 aromatic carbocycles. The highest BCUT2D eigenvalue weighted by Crippen LogP contribution is 2.15. The Labute approximate surface area is 130 Å². The van der Waals surface area contributed by atoms with E-state index in [0.717, 1.165) is 5.56 Å². The third-order valence-corrected chi connectivity index (χ3v) is 2.88. The number of hydrogen-bond acceptors (Lipinski definition) is 4. The van der Waals surface area contributed by atoms with Crippen LogP contribution in [0.15, 0.2) is 36.8 Å². The van der Waals surface area contributed by atoms with Crippen molar-refractivity contribution in [1.82, 2.24) is 20.1 Å². The Bertz CT molecular complexity index is 644. The van der Waals surface area contributed by atoms with Gasteiger partial charge in [0.15, 0.2) is 5.82 Å². The van der Waals surface area contributed by atoms with Crippen molar-refractivity contribution in [2.45, 2.75) is 25.7 Å². The van der Waals surface area contributed by atoms with E-state index < -0.39 is 24.8 Å². The molecule has 0 aliphatic carbocycles. The Morgan fingerprint density at radius 2 is 2.22 bits per heavy atom. The average Bonchev–Trinajstić information content (AvgIpc) is 3.04. The maximum absolute atomic E-state index is 12.0. The van der Waals surface area contributed by atoms with Gasteiger partial charge in [-0.15, -0.1) is 0 Å². The van der Waals surface area contributed by atoms with Crippen LogP contribution in [0, 0.1) is 0 Å². The van der Waals surface area contributed by atoms with E-state index in [2.05, 4.69) is 20.1 Å². The Morgan fingerprint density at radius 3 is 2.87 bits per heavy atom. The van der Waals surface area contributed by atoms with E-state index in [9.17, 15) is 18.0 Å². The van der Waals surface area contributed by atoms with Gasteiger partial charge >= 0.3 is 6.18 Å². The first-order valence-corrected chi connectivity index (χ1v) is 6.76. The highest BCUT2D eigenvalue weighted by atomic mass is 19.4. The monoisotopic (exact) mass is 328 g/mol. The van der Waals surface area contributed by atoms with Crippen LogP contribution in [-0.4, -0.2) is 39.6 Å². The topological polar surface area (TPSA) is 69.0 Å². The number of ether oxygens (including phenoxy) is 1. The summed E-state index contributed by atoms with van der Waals surface area (Å²) in [5.41, 5.74) is 0.738. The largest absolute Gasteiger partial charge is 0.411 e. The highest BCUT2D eigenvalue weighted by Gasteiger charge is 2.29. The molecule has 2 aromatic rings.